The molecule has 1 amide bonds. The Kier molecular flexibility index (Phi) is 5.76. The van der Waals surface area contributed by atoms with E-state index in [0.29, 0.717) is 24.7 Å². The molecule has 1 aromatic heterocycles. The molecule has 2 bridgehead atoms. The zero-order valence-corrected chi connectivity index (χ0v) is 16.1. The number of aromatic nitrogens is 1. The molecule has 2 aliphatic heterocycles. The number of fused-ring (bicyclic) bond motifs is 2. The van der Waals surface area contributed by atoms with Gasteiger partial charge in [0, 0.05) is 49.9 Å². The van der Waals surface area contributed by atoms with Crippen LogP contribution >= 0.6 is 0 Å². The Morgan fingerprint density at radius 3 is 2.46 bits per heavy atom. The molecule has 0 N–H and O–H groups in total. The summed E-state index contributed by atoms with van der Waals surface area (Å²) in [7, 11) is 1.64. The smallest absolute Gasteiger partial charge is 0.254 e. The molecular weight excluding hydrogens is 356 g/mol. The summed E-state index contributed by atoms with van der Waals surface area (Å²) in [4.78, 5) is 19.4. The molecule has 0 aliphatic carbocycles. The van der Waals surface area contributed by atoms with Crippen LogP contribution in [0.4, 0.5) is 0 Å². The first-order chi connectivity index (χ1) is 13.7. The van der Waals surface area contributed by atoms with Crippen LogP contribution in [0.25, 0.3) is 0 Å². The zero-order valence-electron chi connectivity index (χ0n) is 16.1. The number of carbonyl (C=O) groups excluding carboxylic acids is 1. The maximum Gasteiger partial charge on any atom is 0.254 e. The average Bonchev–Trinajstić information content (AvgIpc) is 2.99. The van der Waals surface area contributed by atoms with E-state index in [2.05, 4.69) is 9.88 Å². The van der Waals surface area contributed by atoms with E-state index in [0.717, 1.165) is 31.4 Å². The van der Waals surface area contributed by atoms with Gasteiger partial charge in [-0.1, -0.05) is 6.07 Å². The van der Waals surface area contributed by atoms with Crippen molar-refractivity contribution in [3.8, 4) is 11.6 Å². The maximum absolute atomic E-state index is 13.1. The molecule has 2 unspecified atom stereocenters. The Morgan fingerprint density at radius 1 is 1.07 bits per heavy atom. The molecule has 2 aliphatic rings. The molecule has 2 fully saturated rings. The van der Waals surface area contributed by atoms with Gasteiger partial charge in [-0.05, 0) is 43.2 Å². The average molecular weight is 382 g/mol. The maximum atomic E-state index is 13.1. The number of hydrogen-bond donors (Lipinski definition) is 0. The predicted molar refractivity (Wildman–Crippen MR) is 105 cm³/mol. The molecule has 6 heteroatoms. The Labute approximate surface area is 165 Å². The van der Waals surface area contributed by atoms with Crippen LogP contribution in [0.1, 0.15) is 36.0 Å². The van der Waals surface area contributed by atoms with E-state index in [1.54, 1.807) is 13.3 Å². The third kappa shape index (κ3) is 4.12. The number of nitrogens with zero attached hydrogens (tertiary/aromatic N) is 2. The number of rotatable bonds is 7. The van der Waals surface area contributed by atoms with Crippen molar-refractivity contribution in [1.29, 1.82) is 0 Å². The second kappa shape index (κ2) is 8.61. The standard InChI is InChI=1S/C22H26N2O4/c1-26-12-13-27-19-9-5-16(6-10-19)22(25)24-17-7-8-18(24)15-20(14-17)28-21-4-2-3-11-23-21/h2-6,9-11,17-18,20H,7-8,12-15H2,1H3. The minimum Gasteiger partial charge on any atom is -0.491 e. The summed E-state index contributed by atoms with van der Waals surface area (Å²) < 4.78 is 16.6. The molecule has 0 spiro atoms. The van der Waals surface area contributed by atoms with Gasteiger partial charge in [0.25, 0.3) is 5.91 Å². The summed E-state index contributed by atoms with van der Waals surface area (Å²) in [5.74, 6) is 1.52. The molecule has 0 radical (unpaired) electrons. The van der Waals surface area contributed by atoms with E-state index in [4.69, 9.17) is 14.2 Å². The van der Waals surface area contributed by atoms with Crippen molar-refractivity contribution in [2.24, 2.45) is 0 Å². The molecule has 2 saturated heterocycles. The minimum atomic E-state index is 0.104. The number of methoxy groups -OCH3 is 1. The Bertz CT molecular complexity index is 767. The molecule has 4 rings (SSSR count). The lowest BCUT2D eigenvalue weighted by atomic mass is 9.98. The summed E-state index contributed by atoms with van der Waals surface area (Å²) >= 11 is 0. The van der Waals surface area contributed by atoms with Crippen LogP contribution in [0, 0.1) is 0 Å². The van der Waals surface area contributed by atoms with Crippen LogP contribution in [0.2, 0.25) is 0 Å². The Hall–Kier alpha value is -2.60. The second-order valence-corrected chi connectivity index (χ2v) is 7.34. The second-order valence-electron chi connectivity index (χ2n) is 7.34. The first kappa shape index (κ1) is 18.7. The van der Waals surface area contributed by atoms with Crippen molar-refractivity contribution in [3.05, 3.63) is 54.2 Å². The number of ether oxygens (including phenoxy) is 3. The summed E-state index contributed by atoms with van der Waals surface area (Å²) in [5, 5.41) is 0. The first-order valence-electron chi connectivity index (χ1n) is 9.87. The lowest BCUT2D eigenvalue weighted by Crippen LogP contribution is -2.49. The van der Waals surface area contributed by atoms with Crippen molar-refractivity contribution in [2.75, 3.05) is 20.3 Å². The summed E-state index contributed by atoms with van der Waals surface area (Å²) in [6, 6.07) is 13.6. The highest BCUT2D eigenvalue weighted by Crippen LogP contribution is 2.38. The lowest BCUT2D eigenvalue weighted by molar-refractivity contribution is 0.0348. The van der Waals surface area contributed by atoms with Crippen molar-refractivity contribution in [2.45, 2.75) is 43.9 Å². The van der Waals surface area contributed by atoms with E-state index in [1.807, 2.05) is 42.5 Å². The van der Waals surface area contributed by atoms with E-state index in [1.165, 1.54) is 0 Å². The molecule has 1 aromatic carbocycles. The van der Waals surface area contributed by atoms with Gasteiger partial charge in [0.2, 0.25) is 5.88 Å². The van der Waals surface area contributed by atoms with Crippen LogP contribution in [-0.4, -0.2) is 54.3 Å². The van der Waals surface area contributed by atoms with E-state index in [9.17, 15) is 4.79 Å². The number of pyridine rings is 1. The van der Waals surface area contributed by atoms with Gasteiger partial charge in [-0.3, -0.25) is 4.79 Å². The van der Waals surface area contributed by atoms with E-state index in [-0.39, 0.29) is 24.1 Å². The van der Waals surface area contributed by atoms with Crippen molar-refractivity contribution < 1.29 is 19.0 Å². The summed E-state index contributed by atoms with van der Waals surface area (Å²) in [5.41, 5.74) is 0.708. The lowest BCUT2D eigenvalue weighted by Gasteiger charge is -2.38. The zero-order chi connectivity index (χ0) is 19.3. The predicted octanol–water partition coefficient (Wildman–Crippen LogP) is 3.32. The number of amides is 1. The first-order valence-corrected chi connectivity index (χ1v) is 9.87. The molecular formula is C22H26N2O4. The Morgan fingerprint density at radius 2 is 1.82 bits per heavy atom. The van der Waals surface area contributed by atoms with Gasteiger partial charge in [0.1, 0.15) is 18.5 Å². The fourth-order valence-electron chi connectivity index (χ4n) is 4.23. The largest absolute Gasteiger partial charge is 0.491 e. The SMILES string of the molecule is COCCOc1ccc(C(=O)N2C3CCC2CC(Oc2ccccn2)C3)cc1. The quantitative estimate of drug-likeness (QED) is 0.688. The van der Waals surface area contributed by atoms with E-state index < -0.39 is 0 Å². The fraction of sp³-hybridized carbons (Fsp3) is 0.455. The number of piperidine rings is 1. The fourth-order valence-corrected chi connectivity index (χ4v) is 4.23. The van der Waals surface area contributed by atoms with Gasteiger partial charge in [0.15, 0.2) is 0 Å². The highest BCUT2D eigenvalue weighted by molar-refractivity contribution is 5.95. The van der Waals surface area contributed by atoms with Crippen molar-refractivity contribution >= 4 is 5.91 Å². The third-order valence-corrected chi connectivity index (χ3v) is 5.51. The topological polar surface area (TPSA) is 60.9 Å². The van der Waals surface area contributed by atoms with Crippen LogP contribution in [-0.2, 0) is 4.74 Å². The molecule has 28 heavy (non-hydrogen) atoms. The highest BCUT2D eigenvalue weighted by Gasteiger charge is 2.44. The molecule has 148 valence electrons. The van der Waals surface area contributed by atoms with Crippen LogP contribution < -0.4 is 9.47 Å². The molecule has 2 aromatic rings. The molecule has 0 saturated carbocycles. The minimum absolute atomic E-state index is 0.104. The Balaban J connectivity index is 1.38. The van der Waals surface area contributed by atoms with Gasteiger partial charge < -0.3 is 19.1 Å². The number of hydrogen-bond acceptors (Lipinski definition) is 5. The van der Waals surface area contributed by atoms with Crippen molar-refractivity contribution in [3.63, 3.8) is 0 Å². The van der Waals surface area contributed by atoms with Crippen LogP contribution in [0.15, 0.2) is 48.7 Å². The van der Waals surface area contributed by atoms with Crippen LogP contribution in [0.3, 0.4) is 0 Å². The van der Waals surface area contributed by atoms with Gasteiger partial charge in [-0.2, -0.15) is 0 Å². The summed E-state index contributed by atoms with van der Waals surface area (Å²) in [6.07, 6.45) is 5.65. The van der Waals surface area contributed by atoms with Gasteiger partial charge >= 0.3 is 0 Å². The van der Waals surface area contributed by atoms with Gasteiger partial charge in [-0.25, -0.2) is 4.98 Å². The van der Waals surface area contributed by atoms with Crippen LogP contribution in [0.5, 0.6) is 11.6 Å². The normalized spacial score (nSPS) is 23.5. The van der Waals surface area contributed by atoms with Gasteiger partial charge in [-0.15, -0.1) is 0 Å². The third-order valence-electron chi connectivity index (χ3n) is 5.51. The highest BCUT2D eigenvalue weighted by atomic mass is 16.5. The van der Waals surface area contributed by atoms with Gasteiger partial charge in [0.05, 0.1) is 6.61 Å². The monoisotopic (exact) mass is 382 g/mol. The number of benzene rings is 1. The molecule has 2 atom stereocenters. The van der Waals surface area contributed by atoms with Crippen molar-refractivity contribution in [1.82, 2.24) is 9.88 Å². The molecule has 3 heterocycles. The molecule has 6 nitrogen and oxygen atoms in total. The summed E-state index contributed by atoms with van der Waals surface area (Å²) in [6.45, 7) is 1.04. The van der Waals surface area contributed by atoms with E-state index >= 15 is 0 Å². The number of carbonyl (C=O) groups is 1.